The molecule has 0 N–H and O–H groups in total. The van der Waals surface area contributed by atoms with E-state index >= 15 is 0 Å². The minimum absolute atomic E-state index is 0.0228. The van der Waals surface area contributed by atoms with Gasteiger partial charge in [0.05, 0.1) is 25.4 Å². The summed E-state index contributed by atoms with van der Waals surface area (Å²) in [6, 6.07) is 31.2. The summed E-state index contributed by atoms with van der Waals surface area (Å²) in [6.45, 7) is 37.2. The Balaban J connectivity index is 1.89. The van der Waals surface area contributed by atoms with Gasteiger partial charge in [-0.2, -0.15) is 0 Å². The lowest BCUT2D eigenvalue weighted by Crippen LogP contribution is -2.50. The van der Waals surface area contributed by atoms with Gasteiger partial charge < -0.3 is 27.8 Å². The van der Waals surface area contributed by atoms with Gasteiger partial charge in [-0.05, 0) is 79.3 Å². The molecule has 1 aliphatic rings. The minimum atomic E-state index is -2.29. The van der Waals surface area contributed by atoms with Crippen LogP contribution in [-0.4, -0.2) is 65.5 Å². The summed E-state index contributed by atoms with van der Waals surface area (Å²) in [7, 11) is -4.45. The highest BCUT2D eigenvalue weighted by Crippen LogP contribution is 2.47. The molecule has 0 aliphatic carbocycles. The van der Waals surface area contributed by atoms with E-state index in [0.717, 1.165) is 16.7 Å². The Morgan fingerprint density at radius 1 is 0.803 bits per heavy atom. The van der Waals surface area contributed by atoms with Gasteiger partial charge in [0.15, 0.2) is 22.4 Å². The van der Waals surface area contributed by atoms with Crippen LogP contribution in [0.1, 0.15) is 98.3 Å². The Morgan fingerprint density at radius 2 is 1.30 bits per heavy atom. The van der Waals surface area contributed by atoms with Crippen molar-refractivity contribution >= 4 is 22.6 Å². The molecule has 3 aromatic carbocycles. The normalized spacial score (nSPS) is 20.2. The second-order valence-corrected chi connectivity index (χ2v) is 29.6. The van der Waals surface area contributed by atoms with Crippen LogP contribution in [0.25, 0.3) is 0 Å². The molecule has 61 heavy (non-hydrogen) atoms. The van der Waals surface area contributed by atoms with Crippen molar-refractivity contribution in [2.24, 2.45) is 5.92 Å². The van der Waals surface area contributed by atoms with Crippen LogP contribution in [0.3, 0.4) is 0 Å². The second kappa shape index (κ2) is 20.4. The van der Waals surface area contributed by atoms with E-state index < -0.39 is 51.8 Å². The zero-order chi connectivity index (χ0) is 45.3. The van der Waals surface area contributed by atoms with Crippen LogP contribution in [0.2, 0.25) is 36.3 Å². The topological polar surface area (TPSA) is 72.5 Å². The zero-order valence-electron chi connectivity index (χ0n) is 39.6. The van der Waals surface area contributed by atoms with E-state index in [1.807, 2.05) is 44.2 Å². The standard InChI is InChI=1S/C52H76O7Si2/c1-16-40(17-2)45(56-47(53)18-3)34-35-51(36-37-54-52(41-28-22-19-23-29-41,42-30-24-20-25-31-42)43-32-26-21-27-33-43)46(57-50(10,11)59-51)38-44(58-61(14,15)49(7,8)9)39-55-60(12,13)48(4,5)6/h16,18-35,40,44-46H,1,3,17,36-39H2,2,4-15H3/b35-34+/t40-,44-,45+,46-,51+/m1/s1. The number of esters is 1. The number of carbonyl (C=O) groups is 1. The summed E-state index contributed by atoms with van der Waals surface area (Å²) in [5, 5.41) is -0.00790. The Kier molecular flexibility index (Phi) is 16.8. The molecule has 1 saturated heterocycles. The first kappa shape index (κ1) is 50.2. The van der Waals surface area contributed by atoms with E-state index in [0.29, 0.717) is 25.9 Å². The van der Waals surface area contributed by atoms with Crippen molar-refractivity contribution < 1.29 is 32.6 Å². The van der Waals surface area contributed by atoms with Crippen molar-refractivity contribution in [2.45, 2.75) is 153 Å². The zero-order valence-corrected chi connectivity index (χ0v) is 41.6. The lowest BCUT2D eigenvalue weighted by molar-refractivity contribution is -0.160. The van der Waals surface area contributed by atoms with E-state index in [1.54, 1.807) is 0 Å². The number of hydrogen-bond donors (Lipinski definition) is 0. The first-order chi connectivity index (χ1) is 28.5. The Hall–Kier alpha value is -3.42. The Morgan fingerprint density at radius 3 is 1.72 bits per heavy atom. The van der Waals surface area contributed by atoms with E-state index in [-0.39, 0.29) is 28.7 Å². The molecule has 0 radical (unpaired) electrons. The fourth-order valence-corrected chi connectivity index (χ4v) is 9.94. The summed E-state index contributed by atoms with van der Waals surface area (Å²) in [5.41, 5.74) is 1.05. The van der Waals surface area contributed by atoms with Crippen LogP contribution in [-0.2, 0) is 38.2 Å². The molecule has 0 saturated carbocycles. The average molecular weight is 869 g/mol. The third-order valence-electron chi connectivity index (χ3n) is 13.1. The fourth-order valence-electron chi connectivity index (χ4n) is 7.55. The molecule has 9 heteroatoms. The van der Waals surface area contributed by atoms with Gasteiger partial charge >= 0.3 is 5.97 Å². The van der Waals surface area contributed by atoms with Gasteiger partial charge in [0.2, 0.25) is 0 Å². The van der Waals surface area contributed by atoms with Crippen molar-refractivity contribution in [2.75, 3.05) is 13.2 Å². The lowest BCUT2D eigenvalue weighted by Gasteiger charge is -2.43. The molecule has 7 nitrogen and oxygen atoms in total. The molecule has 4 rings (SSSR count). The van der Waals surface area contributed by atoms with Crippen LogP contribution in [0, 0.1) is 5.92 Å². The van der Waals surface area contributed by atoms with Gasteiger partial charge in [-0.3, -0.25) is 0 Å². The second-order valence-electron chi connectivity index (χ2n) is 20.0. The van der Waals surface area contributed by atoms with Crippen LogP contribution in [0.4, 0.5) is 0 Å². The predicted molar refractivity (Wildman–Crippen MR) is 256 cm³/mol. The van der Waals surface area contributed by atoms with Crippen LogP contribution < -0.4 is 0 Å². The lowest BCUT2D eigenvalue weighted by atomic mass is 9.80. The summed E-state index contributed by atoms with van der Waals surface area (Å²) >= 11 is 0. The molecule has 1 heterocycles. The third kappa shape index (κ3) is 12.4. The number of rotatable bonds is 21. The maximum absolute atomic E-state index is 12.8. The number of carbonyl (C=O) groups excluding carboxylic acids is 1. The molecule has 0 aromatic heterocycles. The summed E-state index contributed by atoms with van der Waals surface area (Å²) < 4.78 is 41.8. The molecule has 5 atom stereocenters. The van der Waals surface area contributed by atoms with Crippen LogP contribution in [0.15, 0.2) is 128 Å². The fraction of sp³-hybridized carbons (Fsp3) is 0.519. The minimum Gasteiger partial charge on any atom is -0.454 e. The van der Waals surface area contributed by atoms with Crippen molar-refractivity contribution in [3.05, 3.63) is 145 Å². The summed E-state index contributed by atoms with van der Waals surface area (Å²) in [4.78, 5) is 12.8. The highest BCUT2D eigenvalue weighted by Gasteiger charge is 2.54. The maximum Gasteiger partial charge on any atom is 0.330 e. The molecular formula is C52H76O7Si2. The van der Waals surface area contributed by atoms with Crippen molar-refractivity contribution in [1.82, 2.24) is 0 Å². The number of benzene rings is 3. The molecule has 0 amide bonds. The summed E-state index contributed by atoms with van der Waals surface area (Å²) in [6.07, 6.45) is 7.28. The van der Waals surface area contributed by atoms with E-state index in [9.17, 15) is 4.79 Å². The molecule has 334 valence electrons. The Bertz CT molecular complexity index is 1780. The molecule has 1 aliphatic heterocycles. The average Bonchev–Trinajstić information content (AvgIpc) is 3.46. The van der Waals surface area contributed by atoms with Crippen molar-refractivity contribution in [1.29, 1.82) is 0 Å². The highest BCUT2D eigenvalue weighted by molar-refractivity contribution is 6.74. The van der Waals surface area contributed by atoms with Crippen LogP contribution in [0.5, 0.6) is 0 Å². The van der Waals surface area contributed by atoms with Gasteiger partial charge in [-0.25, -0.2) is 4.79 Å². The molecule has 0 unspecified atom stereocenters. The molecule has 1 fully saturated rings. The molecule has 3 aromatic rings. The van der Waals surface area contributed by atoms with E-state index in [1.165, 1.54) is 6.08 Å². The monoisotopic (exact) mass is 869 g/mol. The van der Waals surface area contributed by atoms with Crippen molar-refractivity contribution in [3.63, 3.8) is 0 Å². The molecular weight excluding hydrogens is 793 g/mol. The van der Waals surface area contributed by atoms with Crippen molar-refractivity contribution in [3.8, 4) is 0 Å². The number of ether oxygens (including phenoxy) is 4. The predicted octanol–water partition coefficient (Wildman–Crippen LogP) is 12.9. The van der Waals surface area contributed by atoms with E-state index in [2.05, 4.69) is 167 Å². The van der Waals surface area contributed by atoms with Crippen LogP contribution >= 0.6 is 0 Å². The van der Waals surface area contributed by atoms with Gasteiger partial charge in [-0.1, -0.05) is 158 Å². The number of hydrogen-bond acceptors (Lipinski definition) is 7. The third-order valence-corrected chi connectivity index (χ3v) is 22.2. The van der Waals surface area contributed by atoms with Gasteiger partial charge in [0.1, 0.15) is 17.3 Å². The van der Waals surface area contributed by atoms with Gasteiger partial charge in [0.25, 0.3) is 0 Å². The van der Waals surface area contributed by atoms with Gasteiger partial charge in [-0.15, -0.1) is 6.58 Å². The molecule has 0 bridgehead atoms. The smallest absolute Gasteiger partial charge is 0.330 e. The quantitative estimate of drug-likeness (QED) is 0.0347. The highest BCUT2D eigenvalue weighted by atomic mass is 28.4. The first-order valence-electron chi connectivity index (χ1n) is 22.1. The van der Waals surface area contributed by atoms with E-state index in [4.69, 9.17) is 27.8 Å². The van der Waals surface area contributed by atoms with Gasteiger partial charge in [0, 0.05) is 24.8 Å². The largest absolute Gasteiger partial charge is 0.454 e. The SMILES string of the molecule is C=CC(=O)O[C@@H](/C=C/[C@@]1(CCOC(c2ccccc2)(c2ccccc2)c2ccccc2)OC(C)(C)O[C@@H]1C[C@H](CO[Si](C)(C)C(C)(C)C)O[Si](C)(C)C(C)(C)C)[C@H](C=C)CC. The Labute approximate surface area is 371 Å². The molecule has 0 spiro atoms. The maximum atomic E-state index is 12.8. The first-order valence-corrected chi connectivity index (χ1v) is 27.9. The summed E-state index contributed by atoms with van der Waals surface area (Å²) in [5.74, 6) is -1.62.